The van der Waals surface area contributed by atoms with E-state index in [1.165, 1.54) is 0 Å². The highest BCUT2D eigenvalue weighted by molar-refractivity contribution is 6.17. The van der Waals surface area contributed by atoms with Crippen LogP contribution in [0.25, 0.3) is 11.2 Å². The van der Waals surface area contributed by atoms with Crippen LogP contribution in [0.5, 0.6) is 0 Å². The molecule has 110 valence electrons. The van der Waals surface area contributed by atoms with Crippen LogP contribution in [-0.2, 0) is 23.8 Å². The fraction of sp³-hybridized carbons (Fsp3) is 0.615. The molecule has 2 aromatic heterocycles. The summed E-state index contributed by atoms with van der Waals surface area (Å²) < 4.78 is 3.83. The minimum atomic E-state index is -0.470. The van der Waals surface area contributed by atoms with Crippen LogP contribution in [0.1, 0.15) is 31.8 Å². The monoisotopic (exact) mass is 297 g/mol. The first-order valence-corrected chi connectivity index (χ1v) is 7.07. The molecule has 2 heterocycles. The van der Waals surface area contributed by atoms with E-state index in [4.69, 9.17) is 17.3 Å². The molecule has 0 aliphatic carbocycles. The van der Waals surface area contributed by atoms with Crippen molar-refractivity contribution in [2.24, 2.45) is 12.8 Å². The van der Waals surface area contributed by atoms with Gasteiger partial charge in [0.2, 0.25) is 5.91 Å². The van der Waals surface area contributed by atoms with Crippen LogP contribution in [0.3, 0.4) is 0 Å². The number of rotatable bonds is 5. The molecule has 2 aromatic rings. The Kier molecular flexibility index (Phi) is 3.77. The van der Waals surface area contributed by atoms with Crippen molar-refractivity contribution in [1.82, 2.24) is 19.3 Å². The molecule has 0 radical (unpaired) electrons. The van der Waals surface area contributed by atoms with Gasteiger partial charge in [-0.2, -0.15) is 5.10 Å². The molecule has 7 heteroatoms. The quantitative estimate of drug-likeness (QED) is 0.849. The number of imidazole rings is 1. The standard InChI is InChI=1S/C13H20ClN5O/c1-8-11-12(18(4)17-8)19(10(16-11)5-6-14)13(2,3)7-9(15)20/h5-7H2,1-4H3,(H2,15,20). The topological polar surface area (TPSA) is 78.7 Å². The highest BCUT2D eigenvalue weighted by atomic mass is 35.5. The van der Waals surface area contributed by atoms with E-state index in [1.807, 2.05) is 32.4 Å². The minimum Gasteiger partial charge on any atom is -0.370 e. The molecule has 0 aliphatic rings. The average Bonchev–Trinajstić information content (AvgIpc) is 2.78. The van der Waals surface area contributed by atoms with E-state index in [2.05, 4.69) is 10.1 Å². The third-order valence-electron chi connectivity index (χ3n) is 3.40. The summed E-state index contributed by atoms with van der Waals surface area (Å²) in [6, 6.07) is 0. The third kappa shape index (κ3) is 2.40. The lowest BCUT2D eigenvalue weighted by Crippen LogP contribution is -2.34. The lowest BCUT2D eigenvalue weighted by Gasteiger charge is -2.28. The van der Waals surface area contributed by atoms with Crippen LogP contribution in [0, 0.1) is 6.92 Å². The second-order valence-corrected chi connectivity index (χ2v) is 6.02. The van der Waals surface area contributed by atoms with Gasteiger partial charge in [-0.3, -0.25) is 9.48 Å². The first-order chi connectivity index (χ1) is 9.27. The van der Waals surface area contributed by atoms with Gasteiger partial charge in [-0.1, -0.05) is 0 Å². The number of aryl methyl sites for hydroxylation is 3. The molecule has 0 saturated carbocycles. The molecule has 0 fully saturated rings. The van der Waals surface area contributed by atoms with Crippen molar-refractivity contribution < 1.29 is 4.79 Å². The fourth-order valence-corrected chi connectivity index (χ4v) is 2.88. The van der Waals surface area contributed by atoms with E-state index in [1.54, 1.807) is 4.68 Å². The molecule has 0 unspecified atom stereocenters. The molecular formula is C13H20ClN5O. The smallest absolute Gasteiger partial charge is 0.219 e. The predicted octanol–water partition coefficient (Wildman–Crippen LogP) is 1.47. The molecule has 1 amide bonds. The number of halogens is 1. The van der Waals surface area contributed by atoms with Crippen LogP contribution in [0.4, 0.5) is 0 Å². The number of hydrogen-bond acceptors (Lipinski definition) is 3. The van der Waals surface area contributed by atoms with Gasteiger partial charge in [0.05, 0.1) is 11.2 Å². The van der Waals surface area contributed by atoms with Crippen molar-refractivity contribution in [3.05, 3.63) is 11.5 Å². The maximum absolute atomic E-state index is 11.3. The number of alkyl halides is 1. The Morgan fingerprint density at radius 1 is 1.45 bits per heavy atom. The van der Waals surface area contributed by atoms with Gasteiger partial charge in [0, 0.05) is 25.8 Å². The number of nitrogens with zero attached hydrogens (tertiary/aromatic N) is 4. The Labute approximate surface area is 122 Å². The summed E-state index contributed by atoms with van der Waals surface area (Å²) in [6.45, 7) is 5.86. The van der Waals surface area contributed by atoms with E-state index < -0.39 is 5.54 Å². The summed E-state index contributed by atoms with van der Waals surface area (Å²) in [5.74, 6) is 0.993. The Morgan fingerprint density at radius 3 is 2.65 bits per heavy atom. The Morgan fingerprint density at radius 2 is 2.10 bits per heavy atom. The molecule has 0 bridgehead atoms. The number of carbonyl (C=O) groups excluding carboxylic acids is 1. The third-order valence-corrected chi connectivity index (χ3v) is 3.59. The summed E-state index contributed by atoms with van der Waals surface area (Å²) in [6.07, 6.45) is 0.871. The Balaban J connectivity index is 2.70. The summed E-state index contributed by atoms with van der Waals surface area (Å²) in [4.78, 5) is 16.0. The number of fused-ring (bicyclic) bond motifs is 1. The van der Waals surface area contributed by atoms with Gasteiger partial charge in [0.25, 0.3) is 0 Å². The molecule has 2 N–H and O–H groups in total. The second kappa shape index (κ2) is 5.09. The zero-order chi connectivity index (χ0) is 15.1. The van der Waals surface area contributed by atoms with E-state index in [0.717, 1.165) is 22.7 Å². The normalized spacial score (nSPS) is 12.2. The van der Waals surface area contributed by atoms with Crippen molar-refractivity contribution in [2.45, 2.75) is 39.2 Å². The molecule has 0 aliphatic heterocycles. The SMILES string of the molecule is Cc1nn(C)c2c1nc(CCCl)n2C(C)(C)CC(N)=O. The molecule has 0 atom stereocenters. The van der Waals surface area contributed by atoms with E-state index in [-0.39, 0.29) is 12.3 Å². The maximum atomic E-state index is 11.3. The Bertz CT molecular complexity index is 655. The number of hydrogen-bond donors (Lipinski definition) is 1. The number of carbonyl (C=O) groups is 1. The van der Waals surface area contributed by atoms with Crippen LogP contribution in [-0.4, -0.2) is 31.1 Å². The van der Waals surface area contributed by atoms with Gasteiger partial charge in [0.1, 0.15) is 11.3 Å². The van der Waals surface area contributed by atoms with Crippen molar-refractivity contribution in [1.29, 1.82) is 0 Å². The molecule has 0 saturated heterocycles. The second-order valence-electron chi connectivity index (χ2n) is 5.64. The highest BCUT2D eigenvalue weighted by Crippen LogP contribution is 2.29. The summed E-state index contributed by atoms with van der Waals surface area (Å²) >= 11 is 5.87. The minimum absolute atomic E-state index is 0.234. The molecule has 6 nitrogen and oxygen atoms in total. The maximum Gasteiger partial charge on any atom is 0.219 e. The first kappa shape index (κ1) is 14.8. The van der Waals surface area contributed by atoms with Gasteiger partial charge in [-0.25, -0.2) is 4.98 Å². The van der Waals surface area contributed by atoms with Gasteiger partial charge < -0.3 is 10.3 Å². The van der Waals surface area contributed by atoms with Gasteiger partial charge in [-0.05, 0) is 20.8 Å². The van der Waals surface area contributed by atoms with Gasteiger partial charge in [0.15, 0.2) is 5.65 Å². The number of amides is 1. The van der Waals surface area contributed by atoms with Crippen molar-refractivity contribution in [2.75, 3.05) is 5.88 Å². The lowest BCUT2D eigenvalue weighted by molar-refractivity contribution is -0.119. The van der Waals surface area contributed by atoms with E-state index in [9.17, 15) is 4.79 Å². The average molecular weight is 298 g/mol. The molecule has 0 spiro atoms. The van der Waals surface area contributed by atoms with Crippen LogP contribution >= 0.6 is 11.6 Å². The van der Waals surface area contributed by atoms with Crippen molar-refractivity contribution in [3.8, 4) is 0 Å². The summed E-state index contributed by atoms with van der Waals surface area (Å²) in [5, 5.41) is 4.39. The van der Waals surface area contributed by atoms with E-state index >= 15 is 0 Å². The lowest BCUT2D eigenvalue weighted by atomic mass is 9.99. The van der Waals surface area contributed by atoms with Gasteiger partial charge >= 0.3 is 0 Å². The summed E-state index contributed by atoms with van der Waals surface area (Å²) in [5.41, 5.74) is 7.52. The molecule has 0 aromatic carbocycles. The molecule has 20 heavy (non-hydrogen) atoms. The highest BCUT2D eigenvalue weighted by Gasteiger charge is 2.30. The Hall–Kier alpha value is -1.56. The molecular weight excluding hydrogens is 278 g/mol. The van der Waals surface area contributed by atoms with Crippen LogP contribution in [0.15, 0.2) is 0 Å². The van der Waals surface area contributed by atoms with Gasteiger partial charge in [-0.15, -0.1) is 11.6 Å². The number of primary amides is 1. The number of nitrogens with two attached hydrogens (primary N) is 1. The summed E-state index contributed by atoms with van der Waals surface area (Å²) in [7, 11) is 1.87. The van der Waals surface area contributed by atoms with E-state index in [0.29, 0.717) is 12.3 Å². The fourth-order valence-electron chi connectivity index (χ4n) is 2.71. The zero-order valence-corrected chi connectivity index (χ0v) is 13.0. The largest absolute Gasteiger partial charge is 0.370 e. The first-order valence-electron chi connectivity index (χ1n) is 6.53. The zero-order valence-electron chi connectivity index (χ0n) is 12.3. The van der Waals surface area contributed by atoms with Crippen LogP contribution < -0.4 is 5.73 Å². The number of aromatic nitrogens is 4. The molecule has 2 rings (SSSR count). The van der Waals surface area contributed by atoms with Crippen molar-refractivity contribution in [3.63, 3.8) is 0 Å². The predicted molar refractivity (Wildman–Crippen MR) is 78.8 cm³/mol. The van der Waals surface area contributed by atoms with Crippen molar-refractivity contribution >= 4 is 28.7 Å². The van der Waals surface area contributed by atoms with Crippen LogP contribution in [0.2, 0.25) is 0 Å².